The van der Waals surface area contributed by atoms with Crippen LogP contribution in [0.25, 0.3) is 0 Å². The third kappa shape index (κ3) is 5.39. The van der Waals surface area contributed by atoms with Crippen LogP contribution < -0.4 is 5.32 Å². The molecular formula is C15H20BrN. The number of likely N-dealkylation sites (N-methyl/N-ethyl adjacent to an activating group) is 1. The highest BCUT2D eigenvalue weighted by Gasteiger charge is 2.09. The molecule has 0 aliphatic rings. The third-order valence-corrected chi connectivity index (χ3v) is 3.49. The monoisotopic (exact) mass is 293 g/mol. The fourth-order valence-corrected chi connectivity index (χ4v) is 2.31. The van der Waals surface area contributed by atoms with Gasteiger partial charge in [-0.2, -0.15) is 0 Å². The van der Waals surface area contributed by atoms with Gasteiger partial charge in [0.2, 0.25) is 0 Å². The minimum atomic E-state index is 0.513. The highest BCUT2D eigenvalue weighted by atomic mass is 79.9. The highest BCUT2D eigenvalue weighted by molar-refractivity contribution is 9.10. The predicted molar refractivity (Wildman–Crippen MR) is 78.0 cm³/mol. The number of hydrogen-bond acceptors (Lipinski definition) is 1. The normalized spacial score (nSPS) is 11.7. The Morgan fingerprint density at radius 1 is 1.35 bits per heavy atom. The summed E-state index contributed by atoms with van der Waals surface area (Å²) in [7, 11) is 0. The van der Waals surface area contributed by atoms with Gasteiger partial charge in [-0.3, -0.25) is 0 Å². The van der Waals surface area contributed by atoms with Crippen LogP contribution in [0, 0.1) is 11.8 Å². The van der Waals surface area contributed by atoms with E-state index in [9.17, 15) is 0 Å². The molecule has 17 heavy (non-hydrogen) atoms. The zero-order chi connectivity index (χ0) is 12.5. The molecule has 0 bridgehead atoms. The molecule has 0 heterocycles. The van der Waals surface area contributed by atoms with Crippen molar-refractivity contribution in [3.63, 3.8) is 0 Å². The molecule has 1 unspecified atom stereocenters. The Kier molecular flexibility index (Phi) is 7.00. The van der Waals surface area contributed by atoms with Crippen molar-refractivity contribution in [2.24, 2.45) is 0 Å². The Balaban J connectivity index is 2.58. The van der Waals surface area contributed by atoms with Crippen LogP contribution in [0.2, 0.25) is 0 Å². The summed E-state index contributed by atoms with van der Waals surface area (Å²) in [5.41, 5.74) is 1.36. The lowest BCUT2D eigenvalue weighted by molar-refractivity contribution is 0.496. The van der Waals surface area contributed by atoms with Gasteiger partial charge in [-0.05, 0) is 37.9 Å². The van der Waals surface area contributed by atoms with Gasteiger partial charge in [0, 0.05) is 16.9 Å². The number of hydrogen-bond donors (Lipinski definition) is 1. The predicted octanol–water partition coefficient (Wildman–Crippen LogP) is 3.77. The van der Waals surface area contributed by atoms with Crippen molar-refractivity contribution < 1.29 is 0 Å². The number of halogens is 1. The lowest BCUT2D eigenvalue weighted by Crippen LogP contribution is -2.30. The van der Waals surface area contributed by atoms with Gasteiger partial charge in [-0.15, -0.1) is 11.8 Å². The van der Waals surface area contributed by atoms with E-state index in [4.69, 9.17) is 0 Å². The summed E-state index contributed by atoms with van der Waals surface area (Å²) in [6, 6.07) is 8.94. The minimum Gasteiger partial charge on any atom is -0.314 e. The molecule has 1 aromatic carbocycles. The molecule has 1 nitrogen and oxygen atoms in total. The molecule has 0 saturated carbocycles. The highest BCUT2D eigenvalue weighted by Crippen LogP contribution is 2.18. The summed E-state index contributed by atoms with van der Waals surface area (Å²) < 4.78 is 1.20. The first-order valence-electron chi connectivity index (χ1n) is 6.14. The second-order valence-electron chi connectivity index (χ2n) is 4.02. The summed E-state index contributed by atoms with van der Waals surface area (Å²) in [6.07, 6.45) is 3.13. The molecule has 92 valence electrons. The number of rotatable bonds is 6. The van der Waals surface area contributed by atoms with E-state index < -0.39 is 0 Å². The Hall–Kier alpha value is -0.780. The topological polar surface area (TPSA) is 12.0 Å². The van der Waals surface area contributed by atoms with Crippen LogP contribution in [0.3, 0.4) is 0 Å². The van der Waals surface area contributed by atoms with Crippen molar-refractivity contribution in [3.8, 4) is 11.8 Å². The zero-order valence-electron chi connectivity index (χ0n) is 10.6. The van der Waals surface area contributed by atoms with Crippen LogP contribution in [-0.4, -0.2) is 12.6 Å². The molecule has 0 amide bonds. The maximum Gasteiger partial charge on any atom is 0.0207 e. The molecule has 1 rings (SSSR count). The van der Waals surface area contributed by atoms with E-state index >= 15 is 0 Å². The molecule has 0 aliphatic heterocycles. The minimum absolute atomic E-state index is 0.513. The quantitative estimate of drug-likeness (QED) is 0.787. The van der Waals surface area contributed by atoms with Gasteiger partial charge in [0.25, 0.3) is 0 Å². The van der Waals surface area contributed by atoms with Crippen LogP contribution in [-0.2, 0) is 6.42 Å². The van der Waals surface area contributed by atoms with Gasteiger partial charge < -0.3 is 5.32 Å². The van der Waals surface area contributed by atoms with Crippen LogP contribution in [0.1, 0.15) is 32.3 Å². The van der Waals surface area contributed by atoms with Gasteiger partial charge in [-0.1, -0.05) is 41.1 Å². The van der Waals surface area contributed by atoms with Gasteiger partial charge >= 0.3 is 0 Å². The van der Waals surface area contributed by atoms with Crippen LogP contribution in [0.4, 0.5) is 0 Å². The fraction of sp³-hybridized carbons (Fsp3) is 0.467. The standard InChI is InChI=1S/C15H20BrN/c1-3-5-6-10-14(17-4-2)12-13-9-7-8-11-15(13)16/h7-9,11,14,17H,4,6,10,12H2,1-2H3. The first kappa shape index (κ1) is 14.3. The van der Waals surface area contributed by atoms with Gasteiger partial charge in [-0.25, -0.2) is 0 Å². The van der Waals surface area contributed by atoms with Gasteiger partial charge in [0.1, 0.15) is 0 Å². The summed E-state index contributed by atoms with van der Waals surface area (Å²) in [5.74, 6) is 6.09. The maximum atomic E-state index is 3.60. The van der Waals surface area contributed by atoms with E-state index in [-0.39, 0.29) is 0 Å². The summed E-state index contributed by atoms with van der Waals surface area (Å²) in [5, 5.41) is 3.53. The molecule has 2 heteroatoms. The molecule has 1 N–H and O–H groups in total. The average Bonchev–Trinajstić information content (AvgIpc) is 2.32. The van der Waals surface area contributed by atoms with Crippen molar-refractivity contribution >= 4 is 15.9 Å². The Morgan fingerprint density at radius 2 is 2.12 bits per heavy atom. The number of nitrogens with one attached hydrogen (secondary N) is 1. The SMILES string of the molecule is CC#CCCC(Cc1ccccc1Br)NCC. The average molecular weight is 294 g/mol. The van der Waals surface area contributed by atoms with Crippen molar-refractivity contribution in [1.29, 1.82) is 0 Å². The lowest BCUT2D eigenvalue weighted by atomic mass is 10.0. The molecule has 0 spiro atoms. The lowest BCUT2D eigenvalue weighted by Gasteiger charge is -2.17. The molecule has 1 atom stereocenters. The Bertz CT molecular complexity index is 389. The summed E-state index contributed by atoms with van der Waals surface area (Å²) >= 11 is 3.60. The maximum absolute atomic E-state index is 3.60. The van der Waals surface area contributed by atoms with E-state index in [1.165, 1.54) is 10.0 Å². The van der Waals surface area contributed by atoms with Crippen molar-refractivity contribution in [2.45, 2.75) is 39.2 Å². The van der Waals surface area contributed by atoms with Crippen molar-refractivity contribution in [3.05, 3.63) is 34.3 Å². The smallest absolute Gasteiger partial charge is 0.0207 e. The second kappa shape index (κ2) is 8.33. The summed E-state index contributed by atoms with van der Waals surface area (Å²) in [6.45, 7) is 5.06. The first-order chi connectivity index (χ1) is 8.27. The zero-order valence-corrected chi connectivity index (χ0v) is 12.2. The first-order valence-corrected chi connectivity index (χ1v) is 6.93. The van der Waals surface area contributed by atoms with Crippen molar-refractivity contribution in [2.75, 3.05) is 6.54 Å². The Morgan fingerprint density at radius 3 is 2.76 bits per heavy atom. The van der Waals surface area contributed by atoms with E-state index in [0.717, 1.165) is 25.8 Å². The van der Waals surface area contributed by atoms with Crippen LogP contribution in [0.5, 0.6) is 0 Å². The third-order valence-electron chi connectivity index (χ3n) is 2.71. The van der Waals surface area contributed by atoms with Crippen LogP contribution >= 0.6 is 15.9 Å². The molecular weight excluding hydrogens is 274 g/mol. The van der Waals surface area contributed by atoms with Gasteiger partial charge in [0.15, 0.2) is 0 Å². The Labute approximate surface area is 113 Å². The molecule has 0 aliphatic carbocycles. The number of benzene rings is 1. The van der Waals surface area contributed by atoms with Gasteiger partial charge in [0.05, 0.1) is 0 Å². The van der Waals surface area contributed by atoms with E-state index in [1.54, 1.807) is 0 Å². The van der Waals surface area contributed by atoms with Crippen LogP contribution in [0.15, 0.2) is 28.7 Å². The summed E-state index contributed by atoms with van der Waals surface area (Å²) in [4.78, 5) is 0. The van der Waals surface area contributed by atoms with E-state index in [0.29, 0.717) is 6.04 Å². The molecule has 0 aromatic heterocycles. The fourth-order valence-electron chi connectivity index (χ4n) is 1.87. The van der Waals surface area contributed by atoms with E-state index in [1.807, 2.05) is 6.92 Å². The molecule has 1 aromatic rings. The molecule has 0 radical (unpaired) electrons. The molecule has 0 saturated heterocycles. The van der Waals surface area contributed by atoms with Crippen molar-refractivity contribution in [1.82, 2.24) is 5.32 Å². The second-order valence-corrected chi connectivity index (χ2v) is 4.87. The van der Waals surface area contributed by atoms with E-state index in [2.05, 4.69) is 64.3 Å². The largest absolute Gasteiger partial charge is 0.314 e. The molecule has 0 fully saturated rings.